The van der Waals surface area contributed by atoms with Gasteiger partial charge in [0, 0.05) is 0 Å². The second-order valence-electron chi connectivity index (χ2n) is 5.88. The fraction of sp³-hybridized carbons (Fsp3) is 0.400. The van der Waals surface area contributed by atoms with Crippen molar-refractivity contribution in [1.82, 2.24) is 0 Å². The first kappa shape index (κ1) is 15.8. The average Bonchev–Trinajstić information content (AvgIpc) is 2.53. The van der Waals surface area contributed by atoms with Crippen molar-refractivity contribution in [2.45, 2.75) is 44.9 Å². The van der Waals surface area contributed by atoms with E-state index in [1.54, 1.807) is 0 Å². The molecule has 2 N–H and O–H groups in total. The summed E-state index contributed by atoms with van der Waals surface area (Å²) in [6, 6.07) is 19.9. The van der Waals surface area contributed by atoms with E-state index in [1.165, 1.54) is 23.1 Å². The number of hydrogen-bond donors (Lipinski definition) is 1. The molecule has 0 saturated carbocycles. The van der Waals surface area contributed by atoms with E-state index >= 15 is 0 Å². The van der Waals surface area contributed by atoms with E-state index in [9.17, 15) is 0 Å². The van der Waals surface area contributed by atoms with E-state index in [0.717, 1.165) is 19.4 Å². The van der Waals surface area contributed by atoms with Gasteiger partial charge in [0.15, 0.2) is 0 Å². The van der Waals surface area contributed by atoms with Crippen molar-refractivity contribution in [3.05, 3.63) is 71.3 Å². The lowest BCUT2D eigenvalue weighted by Crippen LogP contribution is -2.14. The molecule has 21 heavy (non-hydrogen) atoms. The Balaban J connectivity index is 2.26. The Kier molecular flexibility index (Phi) is 6.01. The first-order valence-corrected chi connectivity index (χ1v) is 8.10. The van der Waals surface area contributed by atoms with Crippen molar-refractivity contribution in [2.24, 2.45) is 5.73 Å². The Morgan fingerprint density at radius 2 is 1.67 bits per heavy atom. The highest BCUT2D eigenvalue weighted by Gasteiger charge is 2.20. The highest BCUT2D eigenvalue weighted by atomic mass is 14.5. The van der Waals surface area contributed by atoms with Crippen LogP contribution in [-0.2, 0) is 6.42 Å². The molecule has 1 nitrogen and oxygen atoms in total. The third kappa shape index (κ3) is 4.18. The van der Waals surface area contributed by atoms with Crippen molar-refractivity contribution >= 4 is 0 Å². The van der Waals surface area contributed by atoms with Crippen LogP contribution in [0.4, 0.5) is 0 Å². The van der Waals surface area contributed by atoms with Crippen LogP contribution >= 0.6 is 0 Å². The van der Waals surface area contributed by atoms with E-state index in [0.29, 0.717) is 11.8 Å². The minimum atomic E-state index is 0.493. The second kappa shape index (κ2) is 7.99. The third-order valence-corrected chi connectivity index (χ3v) is 4.32. The summed E-state index contributed by atoms with van der Waals surface area (Å²) in [5.41, 5.74) is 10.1. The van der Waals surface area contributed by atoms with Gasteiger partial charge in [-0.2, -0.15) is 0 Å². The molecule has 0 radical (unpaired) electrons. The molecule has 2 aromatic carbocycles. The minimum absolute atomic E-state index is 0.493. The molecule has 0 saturated heterocycles. The average molecular weight is 281 g/mol. The van der Waals surface area contributed by atoms with E-state index < -0.39 is 0 Å². The molecule has 2 rings (SSSR count). The van der Waals surface area contributed by atoms with Gasteiger partial charge < -0.3 is 5.73 Å². The van der Waals surface area contributed by atoms with Crippen LogP contribution in [0.1, 0.15) is 55.2 Å². The van der Waals surface area contributed by atoms with Gasteiger partial charge in [-0.25, -0.2) is 0 Å². The molecule has 2 unspecified atom stereocenters. The summed E-state index contributed by atoms with van der Waals surface area (Å²) < 4.78 is 0. The molecular weight excluding hydrogens is 254 g/mol. The van der Waals surface area contributed by atoms with Crippen LogP contribution in [-0.4, -0.2) is 6.54 Å². The van der Waals surface area contributed by atoms with Gasteiger partial charge in [0.05, 0.1) is 0 Å². The van der Waals surface area contributed by atoms with Crippen LogP contribution in [0, 0.1) is 0 Å². The standard InChI is InChI=1S/C20H27N/c1-3-8-17-9-7-12-19(15-17)16(2)20(13-14-21)18-10-5-4-6-11-18/h4-7,9-12,15-16,20H,3,8,13-14,21H2,1-2H3. The van der Waals surface area contributed by atoms with E-state index in [1.807, 2.05) is 0 Å². The molecule has 0 bridgehead atoms. The normalized spacial score (nSPS) is 13.9. The number of benzene rings is 2. The van der Waals surface area contributed by atoms with Gasteiger partial charge in [-0.3, -0.25) is 0 Å². The van der Waals surface area contributed by atoms with Crippen LogP contribution < -0.4 is 5.73 Å². The molecule has 112 valence electrons. The molecule has 0 amide bonds. The molecule has 0 aliphatic rings. The SMILES string of the molecule is CCCc1cccc(C(C)C(CCN)c2ccccc2)c1. The fourth-order valence-electron chi connectivity index (χ4n) is 3.14. The zero-order valence-electron chi connectivity index (χ0n) is 13.3. The van der Waals surface area contributed by atoms with Gasteiger partial charge in [-0.15, -0.1) is 0 Å². The summed E-state index contributed by atoms with van der Waals surface area (Å²) in [7, 11) is 0. The topological polar surface area (TPSA) is 26.0 Å². The fourth-order valence-corrected chi connectivity index (χ4v) is 3.14. The summed E-state index contributed by atoms with van der Waals surface area (Å²) in [6.07, 6.45) is 3.39. The maximum absolute atomic E-state index is 5.86. The van der Waals surface area contributed by atoms with Gasteiger partial charge >= 0.3 is 0 Å². The smallest absolute Gasteiger partial charge is 0.00712 e. The molecule has 2 atom stereocenters. The van der Waals surface area contributed by atoms with Crippen LogP contribution in [0.25, 0.3) is 0 Å². The van der Waals surface area contributed by atoms with Gasteiger partial charge in [0.2, 0.25) is 0 Å². The lowest BCUT2D eigenvalue weighted by molar-refractivity contribution is 0.541. The number of hydrogen-bond acceptors (Lipinski definition) is 1. The summed E-state index contributed by atoms with van der Waals surface area (Å²) in [6.45, 7) is 5.30. The van der Waals surface area contributed by atoms with Crippen LogP contribution in [0.5, 0.6) is 0 Å². The number of rotatable bonds is 7. The molecule has 0 heterocycles. The summed E-state index contributed by atoms with van der Waals surface area (Å²) in [5.74, 6) is 0.987. The van der Waals surface area contributed by atoms with E-state index in [4.69, 9.17) is 5.73 Å². The van der Waals surface area contributed by atoms with Gasteiger partial charge in [-0.1, -0.05) is 74.9 Å². The largest absolute Gasteiger partial charge is 0.330 e. The Morgan fingerprint density at radius 3 is 2.33 bits per heavy atom. The predicted octanol–water partition coefficient (Wildman–Crippen LogP) is 4.88. The van der Waals surface area contributed by atoms with Crippen molar-refractivity contribution in [3.63, 3.8) is 0 Å². The molecule has 0 spiro atoms. The first-order chi connectivity index (χ1) is 10.3. The molecule has 0 aliphatic heterocycles. The van der Waals surface area contributed by atoms with Gasteiger partial charge in [0.25, 0.3) is 0 Å². The van der Waals surface area contributed by atoms with Crippen molar-refractivity contribution in [3.8, 4) is 0 Å². The van der Waals surface area contributed by atoms with Crippen molar-refractivity contribution in [1.29, 1.82) is 0 Å². The zero-order valence-corrected chi connectivity index (χ0v) is 13.3. The lowest BCUT2D eigenvalue weighted by Gasteiger charge is -2.25. The summed E-state index contributed by atoms with van der Waals surface area (Å²) >= 11 is 0. The number of nitrogens with two attached hydrogens (primary N) is 1. The quantitative estimate of drug-likeness (QED) is 0.769. The van der Waals surface area contributed by atoms with Crippen molar-refractivity contribution < 1.29 is 0 Å². The third-order valence-electron chi connectivity index (χ3n) is 4.32. The Morgan fingerprint density at radius 1 is 0.952 bits per heavy atom. The molecule has 0 fully saturated rings. The molecule has 0 aromatic heterocycles. The van der Waals surface area contributed by atoms with Crippen LogP contribution in [0.2, 0.25) is 0 Å². The predicted molar refractivity (Wildman–Crippen MR) is 91.7 cm³/mol. The molecule has 1 heteroatoms. The maximum Gasteiger partial charge on any atom is -0.00712 e. The Bertz CT molecular complexity index is 533. The Labute approximate surface area is 129 Å². The molecule has 0 aliphatic carbocycles. The molecular formula is C20H27N. The van der Waals surface area contributed by atoms with Gasteiger partial charge in [-0.05, 0) is 47.9 Å². The van der Waals surface area contributed by atoms with Gasteiger partial charge in [0.1, 0.15) is 0 Å². The highest BCUT2D eigenvalue weighted by molar-refractivity contribution is 5.31. The minimum Gasteiger partial charge on any atom is -0.330 e. The first-order valence-electron chi connectivity index (χ1n) is 8.10. The second-order valence-corrected chi connectivity index (χ2v) is 5.88. The highest BCUT2D eigenvalue weighted by Crippen LogP contribution is 2.35. The lowest BCUT2D eigenvalue weighted by atomic mass is 9.80. The number of aryl methyl sites for hydroxylation is 1. The van der Waals surface area contributed by atoms with E-state index in [2.05, 4.69) is 68.4 Å². The zero-order chi connectivity index (χ0) is 15.1. The van der Waals surface area contributed by atoms with E-state index in [-0.39, 0.29) is 0 Å². The summed E-state index contributed by atoms with van der Waals surface area (Å²) in [4.78, 5) is 0. The summed E-state index contributed by atoms with van der Waals surface area (Å²) in [5, 5.41) is 0. The molecule has 2 aromatic rings. The van der Waals surface area contributed by atoms with Crippen LogP contribution in [0.15, 0.2) is 54.6 Å². The monoisotopic (exact) mass is 281 g/mol. The van der Waals surface area contributed by atoms with Crippen molar-refractivity contribution in [2.75, 3.05) is 6.54 Å². The maximum atomic E-state index is 5.86. The Hall–Kier alpha value is -1.60. The van der Waals surface area contributed by atoms with Crippen LogP contribution in [0.3, 0.4) is 0 Å².